The normalized spacial score (nSPS) is 12.1. The standard InChI is InChI=1S/C18H23NOS/c1-4-18(19-5-2)14-6-8-15(9-7-14)20-16-10-12-17(21-3)13-11-16/h6-13,18-19H,4-5H2,1-3H3. The molecule has 1 atom stereocenters. The lowest BCUT2D eigenvalue weighted by Crippen LogP contribution is -2.19. The summed E-state index contributed by atoms with van der Waals surface area (Å²) < 4.78 is 5.88. The number of benzene rings is 2. The van der Waals surface area contributed by atoms with Crippen LogP contribution in [0.1, 0.15) is 31.9 Å². The second-order valence-corrected chi connectivity index (χ2v) is 5.74. The Morgan fingerprint density at radius 2 is 1.52 bits per heavy atom. The first-order valence-corrected chi connectivity index (χ1v) is 8.64. The van der Waals surface area contributed by atoms with E-state index in [1.54, 1.807) is 11.8 Å². The molecule has 0 saturated carbocycles. The largest absolute Gasteiger partial charge is 0.457 e. The van der Waals surface area contributed by atoms with Crippen LogP contribution in [0.2, 0.25) is 0 Å². The van der Waals surface area contributed by atoms with Crippen LogP contribution in [-0.4, -0.2) is 12.8 Å². The van der Waals surface area contributed by atoms with Gasteiger partial charge in [-0.05, 0) is 61.2 Å². The van der Waals surface area contributed by atoms with Crippen molar-refractivity contribution < 1.29 is 4.74 Å². The van der Waals surface area contributed by atoms with Gasteiger partial charge in [-0.3, -0.25) is 0 Å². The molecule has 0 aromatic heterocycles. The van der Waals surface area contributed by atoms with E-state index in [4.69, 9.17) is 4.74 Å². The molecule has 0 aliphatic rings. The summed E-state index contributed by atoms with van der Waals surface area (Å²) in [6, 6.07) is 16.9. The molecule has 0 bridgehead atoms. The molecular weight excluding hydrogens is 278 g/mol. The average Bonchev–Trinajstić information content (AvgIpc) is 2.54. The van der Waals surface area contributed by atoms with Crippen LogP contribution in [0.25, 0.3) is 0 Å². The Morgan fingerprint density at radius 3 is 2.00 bits per heavy atom. The van der Waals surface area contributed by atoms with Crippen molar-refractivity contribution in [3.8, 4) is 11.5 Å². The highest BCUT2D eigenvalue weighted by Crippen LogP contribution is 2.26. The van der Waals surface area contributed by atoms with Crippen molar-refractivity contribution in [3.63, 3.8) is 0 Å². The zero-order valence-electron chi connectivity index (χ0n) is 12.9. The average molecular weight is 301 g/mol. The summed E-state index contributed by atoms with van der Waals surface area (Å²) in [4.78, 5) is 1.24. The predicted octanol–water partition coefficient (Wildman–Crippen LogP) is 5.26. The summed E-state index contributed by atoms with van der Waals surface area (Å²) in [5, 5.41) is 3.49. The first-order valence-electron chi connectivity index (χ1n) is 7.42. The highest BCUT2D eigenvalue weighted by Gasteiger charge is 2.07. The number of rotatable bonds is 7. The van der Waals surface area contributed by atoms with Crippen molar-refractivity contribution in [3.05, 3.63) is 54.1 Å². The molecule has 2 nitrogen and oxygen atoms in total. The van der Waals surface area contributed by atoms with Gasteiger partial charge in [0.05, 0.1) is 0 Å². The third kappa shape index (κ3) is 4.51. The molecule has 112 valence electrons. The Labute approximate surface area is 131 Å². The number of thioether (sulfide) groups is 1. The van der Waals surface area contributed by atoms with Gasteiger partial charge in [0.2, 0.25) is 0 Å². The maximum absolute atomic E-state index is 5.88. The van der Waals surface area contributed by atoms with Crippen LogP contribution in [0, 0.1) is 0 Å². The summed E-state index contributed by atoms with van der Waals surface area (Å²) in [5.74, 6) is 1.75. The van der Waals surface area contributed by atoms with E-state index in [1.165, 1.54) is 10.5 Å². The van der Waals surface area contributed by atoms with Crippen molar-refractivity contribution in [2.24, 2.45) is 0 Å². The van der Waals surface area contributed by atoms with Crippen molar-refractivity contribution >= 4 is 11.8 Å². The van der Waals surface area contributed by atoms with Crippen LogP contribution in [0.15, 0.2) is 53.4 Å². The van der Waals surface area contributed by atoms with E-state index in [1.807, 2.05) is 24.3 Å². The predicted molar refractivity (Wildman–Crippen MR) is 91.4 cm³/mol. The molecule has 0 aliphatic heterocycles. The zero-order chi connectivity index (χ0) is 15.1. The Hall–Kier alpha value is -1.45. The summed E-state index contributed by atoms with van der Waals surface area (Å²) >= 11 is 1.73. The van der Waals surface area contributed by atoms with Crippen LogP contribution in [0.3, 0.4) is 0 Å². The molecule has 0 radical (unpaired) electrons. The fraction of sp³-hybridized carbons (Fsp3) is 0.333. The van der Waals surface area contributed by atoms with Crippen molar-refractivity contribution in [1.29, 1.82) is 0 Å². The molecule has 0 fully saturated rings. The second kappa shape index (κ2) is 8.11. The van der Waals surface area contributed by atoms with Crippen molar-refractivity contribution in [2.75, 3.05) is 12.8 Å². The number of nitrogens with one attached hydrogen (secondary N) is 1. The van der Waals surface area contributed by atoms with E-state index < -0.39 is 0 Å². The lowest BCUT2D eigenvalue weighted by atomic mass is 10.0. The highest BCUT2D eigenvalue weighted by molar-refractivity contribution is 7.98. The first-order chi connectivity index (χ1) is 10.3. The topological polar surface area (TPSA) is 21.3 Å². The first kappa shape index (κ1) is 15.9. The number of hydrogen-bond donors (Lipinski definition) is 1. The minimum atomic E-state index is 0.421. The Bertz CT molecular complexity index is 536. The Balaban J connectivity index is 2.04. The van der Waals surface area contributed by atoms with Crippen LogP contribution in [0.4, 0.5) is 0 Å². The van der Waals surface area contributed by atoms with Gasteiger partial charge in [-0.2, -0.15) is 0 Å². The minimum absolute atomic E-state index is 0.421. The fourth-order valence-corrected chi connectivity index (χ4v) is 2.70. The van der Waals surface area contributed by atoms with Gasteiger partial charge in [-0.1, -0.05) is 26.0 Å². The molecule has 0 heterocycles. The van der Waals surface area contributed by atoms with Crippen LogP contribution < -0.4 is 10.1 Å². The summed E-state index contributed by atoms with van der Waals surface area (Å²) in [7, 11) is 0. The van der Waals surface area contributed by atoms with E-state index in [-0.39, 0.29) is 0 Å². The summed E-state index contributed by atoms with van der Waals surface area (Å²) in [6.45, 7) is 5.32. The molecule has 1 unspecified atom stereocenters. The molecule has 0 amide bonds. The van der Waals surface area contributed by atoms with E-state index in [0.29, 0.717) is 6.04 Å². The molecule has 21 heavy (non-hydrogen) atoms. The maximum Gasteiger partial charge on any atom is 0.127 e. The van der Waals surface area contributed by atoms with E-state index in [9.17, 15) is 0 Å². The van der Waals surface area contributed by atoms with Gasteiger partial charge < -0.3 is 10.1 Å². The maximum atomic E-state index is 5.88. The molecule has 2 rings (SSSR count). The van der Waals surface area contributed by atoms with Gasteiger partial charge in [-0.25, -0.2) is 0 Å². The van der Waals surface area contributed by atoms with Gasteiger partial charge in [0.15, 0.2) is 0 Å². The lowest BCUT2D eigenvalue weighted by molar-refractivity contribution is 0.480. The van der Waals surface area contributed by atoms with Crippen LogP contribution in [-0.2, 0) is 0 Å². The molecule has 0 saturated heterocycles. The van der Waals surface area contributed by atoms with E-state index >= 15 is 0 Å². The SMILES string of the molecule is CCNC(CC)c1ccc(Oc2ccc(SC)cc2)cc1. The monoisotopic (exact) mass is 301 g/mol. The number of hydrogen-bond acceptors (Lipinski definition) is 3. The molecular formula is C18H23NOS. The third-order valence-electron chi connectivity index (χ3n) is 3.44. The van der Waals surface area contributed by atoms with E-state index in [2.05, 4.69) is 49.7 Å². The molecule has 0 aliphatic carbocycles. The van der Waals surface area contributed by atoms with Crippen molar-refractivity contribution in [2.45, 2.75) is 31.2 Å². The van der Waals surface area contributed by atoms with Gasteiger partial charge in [0.1, 0.15) is 11.5 Å². The van der Waals surface area contributed by atoms with Crippen LogP contribution >= 0.6 is 11.8 Å². The van der Waals surface area contributed by atoms with E-state index in [0.717, 1.165) is 24.5 Å². The summed E-state index contributed by atoms with van der Waals surface area (Å²) in [6.07, 6.45) is 3.16. The Kier molecular flexibility index (Phi) is 6.15. The summed E-state index contributed by atoms with van der Waals surface area (Å²) in [5.41, 5.74) is 1.31. The zero-order valence-corrected chi connectivity index (χ0v) is 13.7. The lowest BCUT2D eigenvalue weighted by Gasteiger charge is -2.16. The van der Waals surface area contributed by atoms with Gasteiger partial charge in [0, 0.05) is 10.9 Å². The van der Waals surface area contributed by atoms with Gasteiger partial charge in [-0.15, -0.1) is 11.8 Å². The number of ether oxygens (including phenoxy) is 1. The third-order valence-corrected chi connectivity index (χ3v) is 4.18. The van der Waals surface area contributed by atoms with Gasteiger partial charge in [0.25, 0.3) is 0 Å². The van der Waals surface area contributed by atoms with Gasteiger partial charge >= 0.3 is 0 Å². The molecule has 2 aromatic rings. The Morgan fingerprint density at radius 1 is 0.952 bits per heavy atom. The molecule has 0 spiro atoms. The quantitative estimate of drug-likeness (QED) is 0.705. The van der Waals surface area contributed by atoms with Crippen molar-refractivity contribution in [1.82, 2.24) is 5.32 Å². The smallest absolute Gasteiger partial charge is 0.127 e. The molecule has 3 heteroatoms. The minimum Gasteiger partial charge on any atom is -0.457 e. The fourth-order valence-electron chi connectivity index (χ4n) is 2.29. The van der Waals surface area contributed by atoms with Crippen LogP contribution in [0.5, 0.6) is 11.5 Å². The molecule has 2 aromatic carbocycles. The molecule has 1 N–H and O–H groups in total. The second-order valence-electron chi connectivity index (χ2n) is 4.87. The highest BCUT2D eigenvalue weighted by atomic mass is 32.2.